The topological polar surface area (TPSA) is 95.0 Å². The SMILES string of the molecule is CCC(O)(CC)CNc1ncc(N)cc1C#N. The monoisotopic (exact) mass is 234 g/mol. The number of nitrogens with one attached hydrogen (secondary N) is 1. The number of nitrogen functional groups attached to an aromatic ring is 1. The lowest BCUT2D eigenvalue weighted by Gasteiger charge is -2.25. The number of hydrogen-bond acceptors (Lipinski definition) is 5. The van der Waals surface area contributed by atoms with Gasteiger partial charge in [0.15, 0.2) is 0 Å². The van der Waals surface area contributed by atoms with E-state index in [0.717, 1.165) is 0 Å². The van der Waals surface area contributed by atoms with E-state index in [1.807, 2.05) is 19.9 Å². The molecule has 0 bridgehead atoms. The summed E-state index contributed by atoms with van der Waals surface area (Å²) in [6.07, 6.45) is 2.78. The molecule has 0 aromatic carbocycles. The smallest absolute Gasteiger partial charge is 0.144 e. The van der Waals surface area contributed by atoms with Crippen molar-refractivity contribution in [3.05, 3.63) is 17.8 Å². The van der Waals surface area contributed by atoms with Crippen LogP contribution in [-0.2, 0) is 0 Å². The van der Waals surface area contributed by atoms with Crippen LogP contribution in [-0.4, -0.2) is 22.2 Å². The van der Waals surface area contributed by atoms with Crippen molar-refractivity contribution in [3.63, 3.8) is 0 Å². The molecule has 0 radical (unpaired) electrons. The summed E-state index contributed by atoms with van der Waals surface area (Å²) in [5.74, 6) is 0.460. The Morgan fingerprint density at radius 1 is 1.53 bits per heavy atom. The van der Waals surface area contributed by atoms with Gasteiger partial charge in [-0.05, 0) is 18.9 Å². The summed E-state index contributed by atoms with van der Waals surface area (Å²) < 4.78 is 0. The average Bonchev–Trinajstić information content (AvgIpc) is 2.36. The molecule has 1 heterocycles. The van der Waals surface area contributed by atoms with E-state index >= 15 is 0 Å². The van der Waals surface area contributed by atoms with Crippen molar-refractivity contribution < 1.29 is 5.11 Å². The summed E-state index contributed by atoms with van der Waals surface area (Å²) in [6.45, 7) is 4.21. The molecule has 92 valence electrons. The molecule has 0 atom stereocenters. The van der Waals surface area contributed by atoms with E-state index < -0.39 is 5.60 Å². The summed E-state index contributed by atoms with van der Waals surface area (Å²) in [5, 5.41) is 22.0. The zero-order valence-electron chi connectivity index (χ0n) is 10.2. The lowest BCUT2D eigenvalue weighted by atomic mass is 9.97. The summed E-state index contributed by atoms with van der Waals surface area (Å²) in [6, 6.07) is 3.58. The van der Waals surface area contributed by atoms with Crippen LogP contribution in [0.3, 0.4) is 0 Å². The zero-order chi connectivity index (χ0) is 12.9. The number of rotatable bonds is 5. The maximum Gasteiger partial charge on any atom is 0.144 e. The number of hydrogen-bond donors (Lipinski definition) is 3. The molecule has 0 aliphatic heterocycles. The third kappa shape index (κ3) is 3.33. The van der Waals surface area contributed by atoms with Gasteiger partial charge >= 0.3 is 0 Å². The normalized spacial score (nSPS) is 10.9. The van der Waals surface area contributed by atoms with Gasteiger partial charge in [0.05, 0.1) is 23.0 Å². The van der Waals surface area contributed by atoms with Crippen LogP contribution in [0.2, 0.25) is 0 Å². The number of nitrogens with zero attached hydrogens (tertiary/aromatic N) is 2. The minimum Gasteiger partial charge on any atom is -0.397 e. The van der Waals surface area contributed by atoms with Crippen LogP contribution in [0.25, 0.3) is 0 Å². The molecule has 0 aliphatic carbocycles. The molecule has 4 N–H and O–H groups in total. The minimum atomic E-state index is -0.768. The van der Waals surface area contributed by atoms with Crippen LogP contribution in [0.1, 0.15) is 32.3 Å². The van der Waals surface area contributed by atoms with Gasteiger partial charge in [-0.15, -0.1) is 0 Å². The molecule has 0 saturated carbocycles. The molecule has 0 unspecified atom stereocenters. The highest BCUT2D eigenvalue weighted by atomic mass is 16.3. The second-order valence-corrected chi connectivity index (χ2v) is 4.06. The van der Waals surface area contributed by atoms with E-state index in [2.05, 4.69) is 10.3 Å². The van der Waals surface area contributed by atoms with Crippen molar-refractivity contribution in [1.82, 2.24) is 4.98 Å². The predicted molar refractivity (Wildman–Crippen MR) is 67.4 cm³/mol. The van der Waals surface area contributed by atoms with Gasteiger partial charge in [-0.3, -0.25) is 0 Å². The molecule has 5 nitrogen and oxygen atoms in total. The van der Waals surface area contributed by atoms with Gasteiger partial charge in [0.2, 0.25) is 0 Å². The van der Waals surface area contributed by atoms with Gasteiger partial charge < -0.3 is 16.2 Å². The zero-order valence-corrected chi connectivity index (χ0v) is 10.2. The van der Waals surface area contributed by atoms with E-state index in [1.54, 1.807) is 6.07 Å². The first-order valence-electron chi connectivity index (χ1n) is 5.66. The fourth-order valence-electron chi connectivity index (χ4n) is 1.46. The first kappa shape index (κ1) is 13.3. The van der Waals surface area contributed by atoms with Crippen molar-refractivity contribution in [2.24, 2.45) is 0 Å². The second-order valence-electron chi connectivity index (χ2n) is 4.06. The molecule has 0 amide bonds. The highest BCUT2D eigenvalue weighted by Gasteiger charge is 2.22. The van der Waals surface area contributed by atoms with Crippen LogP contribution in [0.4, 0.5) is 11.5 Å². The molecule has 1 aromatic rings. The summed E-state index contributed by atoms with van der Waals surface area (Å²) in [4.78, 5) is 4.05. The van der Waals surface area contributed by atoms with Crippen LogP contribution < -0.4 is 11.1 Å². The Bertz CT molecular complexity index is 421. The second kappa shape index (κ2) is 5.51. The van der Waals surface area contributed by atoms with Gasteiger partial charge in [0, 0.05) is 6.54 Å². The van der Waals surface area contributed by atoms with Gasteiger partial charge in [-0.25, -0.2) is 4.98 Å². The van der Waals surface area contributed by atoms with E-state index in [9.17, 15) is 5.11 Å². The number of aliphatic hydroxyl groups is 1. The fourth-order valence-corrected chi connectivity index (χ4v) is 1.46. The van der Waals surface area contributed by atoms with Crippen molar-refractivity contribution in [3.8, 4) is 6.07 Å². The quantitative estimate of drug-likeness (QED) is 0.717. The molecule has 5 heteroatoms. The van der Waals surface area contributed by atoms with Crippen molar-refractivity contribution >= 4 is 11.5 Å². The van der Waals surface area contributed by atoms with Crippen LogP contribution in [0.5, 0.6) is 0 Å². The maximum absolute atomic E-state index is 10.1. The Labute approximate surface area is 101 Å². The Morgan fingerprint density at radius 3 is 2.71 bits per heavy atom. The van der Waals surface area contributed by atoms with E-state index in [4.69, 9.17) is 11.0 Å². The van der Waals surface area contributed by atoms with Crippen molar-refractivity contribution in [2.75, 3.05) is 17.6 Å². The average molecular weight is 234 g/mol. The molecule has 0 aliphatic rings. The van der Waals surface area contributed by atoms with Crippen molar-refractivity contribution in [2.45, 2.75) is 32.3 Å². The summed E-state index contributed by atoms with van der Waals surface area (Å²) in [7, 11) is 0. The van der Waals surface area contributed by atoms with E-state index in [0.29, 0.717) is 36.5 Å². The molecule has 0 spiro atoms. The first-order valence-corrected chi connectivity index (χ1v) is 5.66. The van der Waals surface area contributed by atoms with E-state index in [1.165, 1.54) is 6.20 Å². The molecular weight excluding hydrogens is 216 g/mol. The van der Waals surface area contributed by atoms with Crippen LogP contribution >= 0.6 is 0 Å². The number of nitriles is 1. The number of anilines is 2. The van der Waals surface area contributed by atoms with Crippen molar-refractivity contribution in [1.29, 1.82) is 5.26 Å². The standard InChI is InChI=1S/C12H18N4O/c1-3-12(17,4-2)8-16-11-9(6-13)5-10(14)7-15-11/h5,7,17H,3-4,8,14H2,1-2H3,(H,15,16). The third-order valence-corrected chi connectivity index (χ3v) is 2.93. The molecule has 1 rings (SSSR count). The minimum absolute atomic E-state index is 0.367. The molecular formula is C12H18N4O. The van der Waals surface area contributed by atoms with E-state index in [-0.39, 0.29) is 0 Å². The highest BCUT2D eigenvalue weighted by molar-refractivity contribution is 5.57. The molecule has 1 aromatic heterocycles. The number of aromatic nitrogens is 1. The number of pyridine rings is 1. The Balaban J connectivity index is 2.80. The Morgan fingerprint density at radius 2 is 2.18 bits per heavy atom. The van der Waals surface area contributed by atoms with Gasteiger partial charge in [0.1, 0.15) is 11.9 Å². The van der Waals surface area contributed by atoms with Crippen LogP contribution in [0, 0.1) is 11.3 Å². The number of nitrogens with two attached hydrogens (primary N) is 1. The van der Waals surface area contributed by atoms with Gasteiger partial charge in [0.25, 0.3) is 0 Å². The summed E-state index contributed by atoms with van der Waals surface area (Å²) in [5.41, 5.74) is 5.62. The lowest BCUT2D eigenvalue weighted by molar-refractivity contribution is 0.0456. The maximum atomic E-state index is 10.1. The predicted octanol–water partition coefficient (Wildman–Crippen LogP) is 1.50. The summed E-state index contributed by atoms with van der Waals surface area (Å²) >= 11 is 0. The first-order chi connectivity index (χ1) is 8.04. The Hall–Kier alpha value is -1.80. The largest absolute Gasteiger partial charge is 0.397 e. The molecule has 17 heavy (non-hydrogen) atoms. The van der Waals surface area contributed by atoms with Gasteiger partial charge in [-0.1, -0.05) is 13.8 Å². The fraction of sp³-hybridized carbons (Fsp3) is 0.500. The Kier molecular flexibility index (Phi) is 4.30. The third-order valence-electron chi connectivity index (χ3n) is 2.93. The van der Waals surface area contributed by atoms with Gasteiger partial charge in [-0.2, -0.15) is 5.26 Å². The molecule has 0 saturated heterocycles. The van der Waals surface area contributed by atoms with Crippen LogP contribution in [0.15, 0.2) is 12.3 Å². The molecule has 0 fully saturated rings. The highest BCUT2D eigenvalue weighted by Crippen LogP contribution is 2.18. The lowest BCUT2D eigenvalue weighted by Crippen LogP contribution is -2.35.